The lowest BCUT2D eigenvalue weighted by atomic mass is 10.1. The van der Waals surface area contributed by atoms with Crippen LogP contribution in [0.2, 0.25) is 0 Å². The Labute approximate surface area is 128 Å². The zero-order chi connectivity index (χ0) is 14.8. The van der Waals surface area contributed by atoms with Crippen LogP contribution in [0.5, 0.6) is 0 Å². The SMILES string of the molecule is CC1Cc2ccccc2N1Cc1sccc1C=CC(=O)O. The molecule has 0 saturated carbocycles. The molecule has 4 heteroatoms. The number of hydrogen-bond donors (Lipinski definition) is 1. The smallest absolute Gasteiger partial charge is 0.328 e. The van der Waals surface area contributed by atoms with E-state index in [1.165, 1.54) is 22.2 Å². The third kappa shape index (κ3) is 2.85. The van der Waals surface area contributed by atoms with E-state index in [9.17, 15) is 4.79 Å². The molecular weight excluding hydrogens is 282 g/mol. The Morgan fingerprint density at radius 2 is 2.24 bits per heavy atom. The van der Waals surface area contributed by atoms with Gasteiger partial charge in [0.25, 0.3) is 0 Å². The van der Waals surface area contributed by atoms with Gasteiger partial charge in [0.1, 0.15) is 0 Å². The second kappa shape index (κ2) is 5.74. The van der Waals surface area contributed by atoms with Gasteiger partial charge >= 0.3 is 5.97 Å². The van der Waals surface area contributed by atoms with Gasteiger partial charge in [-0.25, -0.2) is 4.79 Å². The average Bonchev–Trinajstić information content (AvgIpc) is 3.02. The fourth-order valence-corrected chi connectivity index (χ4v) is 3.68. The Bertz CT molecular complexity index is 690. The number of carboxylic acids is 1. The van der Waals surface area contributed by atoms with E-state index < -0.39 is 5.97 Å². The van der Waals surface area contributed by atoms with Gasteiger partial charge < -0.3 is 10.0 Å². The zero-order valence-corrected chi connectivity index (χ0v) is 12.6. The molecule has 2 heterocycles. The molecule has 1 aliphatic rings. The number of benzene rings is 1. The summed E-state index contributed by atoms with van der Waals surface area (Å²) in [6, 6.07) is 11.0. The summed E-state index contributed by atoms with van der Waals surface area (Å²) < 4.78 is 0. The predicted octanol–water partition coefficient (Wildman–Crippen LogP) is 3.80. The highest BCUT2D eigenvalue weighted by atomic mass is 32.1. The monoisotopic (exact) mass is 299 g/mol. The van der Waals surface area contributed by atoms with E-state index in [0.717, 1.165) is 18.5 Å². The first kappa shape index (κ1) is 13.9. The number of para-hydroxylation sites is 1. The van der Waals surface area contributed by atoms with E-state index in [2.05, 4.69) is 36.1 Å². The molecule has 0 bridgehead atoms. The number of anilines is 1. The Morgan fingerprint density at radius 3 is 3.05 bits per heavy atom. The van der Waals surface area contributed by atoms with Crippen LogP contribution in [0.25, 0.3) is 6.08 Å². The van der Waals surface area contributed by atoms with Crippen molar-refractivity contribution in [3.63, 3.8) is 0 Å². The molecule has 1 aromatic carbocycles. The van der Waals surface area contributed by atoms with Crippen LogP contribution in [0.3, 0.4) is 0 Å². The maximum atomic E-state index is 10.7. The van der Waals surface area contributed by atoms with E-state index >= 15 is 0 Å². The van der Waals surface area contributed by atoms with Gasteiger partial charge in [-0.2, -0.15) is 0 Å². The van der Waals surface area contributed by atoms with Crippen molar-refractivity contribution in [1.82, 2.24) is 0 Å². The summed E-state index contributed by atoms with van der Waals surface area (Å²) in [6.45, 7) is 3.06. The summed E-state index contributed by atoms with van der Waals surface area (Å²) >= 11 is 1.68. The molecule has 0 saturated heterocycles. The number of fused-ring (bicyclic) bond motifs is 1. The predicted molar refractivity (Wildman–Crippen MR) is 86.8 cm³/mol. The second-order valence-electron chi connectivity index (χ2n) is 5.28. The van der Waals surface area contributed by atoms with Gasteiger partial charge in [0.15, 0.2) is 0 Å². The maximum Gasteiger partial charge on any atom is 0.328 e. The van der Waals surface area contributed by atoms with E-state index in [-0.39, 0.29) is 0 Å². The standard InChI is InChI=1S/C17H17NO2S/c1-12-10-14-4-2-3-5-15(14)18(12)11-16-13(8-9-21-16)6-7-17(19)20/h2-9,12H,10-11H2,1H3,(H,19,20). The van der Waals surface area contributed by atoms with Crippen LogP contribution in [-0.2, 0) is 17.8 Å². The molecule has 2 aromatic rings. The second-order valence-corrected chi connectivity index (χ2v) is 6.28. The highest BCUT2D eigenvalue weighted by Gasteiger charge is 2.26. The van der Waals surface area contributed by atoms with Crippen LogP contribution < -0.4 is 4.90 Å². The van der Waals surface area contributed by atoms with E-state index in [1.807, 2.05) is 11.4 Å². The van der Waals surface area contributed by atoms with Crippen molar-refractivity contribution in [2.24, 2.45) is 0 Å². The molecule has 108 valence electrons. The van der Waals surface area contributed by atoms with E-state index in [0.29, 0.717) is 6.04 Å². The molecule has 1 atom stereocenters. The van der Waals surface area contributed by atoms with Crippen molar-refractivity contribution in [3.8, 4) is 0 Å². The summed E-state index contributed by atoms with van der Waals surface area (Å²) in [5.41, 5.74) is 3.69. The van der Waals surface area contributed by atoms with Crippen molar-refractivity contribution in [2.45, 2.75) is 25.9 Å². The number of nitrogens with zero attached hydrogens (tertiary/aromatic N) is 1. The van der Waals surface area contributed by atoms with E-state index in [1.54, 1.807) is 17.4 Å². The van der Waals surface area contributed by atoms with Gasteiger partial charge in [0.2, 0.25) is 0 Å². The number of carboxylic acid groups (broad SMARTS) is 1. The number of carbonyl (C=O) groups is 1. The quantitative estimate of drug-likeness (QED) is 0.873. The van der Waals surface area contributed by atoms with Crippen LogP contribution >= 0.6 is 11.3 Å². The van der Waals surface area contributed by atoms with Crippen LogP contribution in [0.4, 0.5) is 5.69 Å². The molecule has 0 aliphatic carbocycles. The summed E-state index contributed by atoms with van der Waals surface area (Å²) in [7, 11) is 0. The lowest BCUT2D eigenvalue weighted by Gasteiger charge is -2.24. The van der Waals surface area contributed by atoms with Crippen LogP contribution in [0.1, 0.15) is 22.9 Å². The van der Waals surface area contributed by atoms with Crippen molar-refractivity contribution in [1.29, 1.82) is 0 Å². The number of hydrogen-bond acceptors (Lipinski definition) is 3. The van der Waals surface area contributed by atoms with Gasteiger partial charge in [0, 0.05) is 22.7 Å². The van der Waals surface area contributed by atoms with Gasteiger partial charge in [-0.15, -0.1) is 11.3 Å². The normalized spacial score (nSPS) is 17.4. The Kier molecular flexibility index (Phi) is 3.80. The Morgan fingerprint density at radius 1 is 1.43 bits per heavy atom. The molecule has 0 radical (unpaired) electrons. The Balaban J connectivity index is 1.85. The minimum Gasteiger partial charge on any atom is -0.478 e. The molecule has 1 N–H and O–H groups in total. The largest absolute Gasteiger partial charge is 0.478 e. The fraction of sp³-hybridized carbons (Fsp3) is 0.235. The molecule has 1 unspecified atom stereocenters. The fourth-order valence-electron chi connectivity index (χ4n) is 2.81. The molecule has 0 amide bonds. The maximum absolute atomic E-state index is 10.7. The van der Waals surface area contributed by atoms with Crippen LogP contribution in [-0.4, -0.2) is 17.1 Å². The molecule has 1 aromatic heterocycles. The first-order valence-corrected chi connectivity index (χ1v) is 7.85. The average molecular weight is 299 g/mol. The zero-order valence-electron chi connectivity index (χ0n) is 11.8. The summed E-state index contributed by atoms with van der Waals surface area (Å²) in [4.78, 5) is 14.3. The van der Waals surface area contributed by atoms with Crippen LogP contribution in [0, 0.1) is 0 Å². The van der Waals surface area contributed by atoms with Gasteiger partial charge in [-0.05, 0) is 48.1 Å². The van der Waals surface area contributed by atoms with Crippen molar-refractivity contribution < 1.29 is 9.90 Å². The lowest BCUT2D eigenvalue weighted by molar-refractivity contribution is -0.131. The number of thiophene rings is 1. The van der Waals surface area contributed by atoms with E-state index in [4.69, 9.17) is 5.11 Å². The minimum atomic E-state index is -0.910. The molecule has 3 nitrogen and oxygen atoms in total. The topological polar surface area (TPSA) is 40.5 Å². The van der Waals surface area contributed by atoms with Crippen LogP contribution in [0.15, 0.2) is 41.8 Å². The molecule has 0 spiro atoms. The highest BCUT2D eigenvalue weighted by Crippen LogP contribution is 2.34. The molecular formula is C17H17NO2S. The Hall–Kier alpha value is -2.07. The molecule has 0 fully saturated rings. The minimum absolute atomic E-state index is 0.473. The first-order chi connectivity index (χ1) is 10.1. The van der Waals surface area contributed by atoms with Gasteiger partial charge in [0.05, 0.1) is 6.54 Å². The van der Waals surface area contributed by atoms with Crippen molar-refractivity contribution in [2.75, 3.05) is 4.90 Å². The van der Waals surface area contributed by atoms with Gasteiger partial charge in [-0.3, -0.25) is 0 Å². The molecule has 21 heavy (non-hydrogen) atoms. The summed E-state index contributed by atoms with van der Waals surface area (Å²) in [5.74, 6) is -0.910. The highest BCUT2D eigenvalue weighted by molar-refractivity contribution is 7.10. The van der Waals surface area contributed by atoms with Gasteiger partial charge in [-0.1, -0.05) is 18.2 Å². The summed E-state index contributed by atoms with van der Waals surface area (Å²) in [5, 5.41) is 10.8. The third-order valence-corrected chi connectivity index (χ3v) is 4.77. The number of aliphatic carboxylic acids is 1. The van der Waals surface area contributed by atoms with Crippen molar-refractivity contribution in [3.05, 3.63) is 57.8 Å². The summed E-state index contributed by atoms with van der Waals surface area (Å²) in [6.07, 6.45) is 3.95. The first-order valence-electron chi connectivity index (χ1n) is 6.97. The lowest BCUT2D eigenvalue weighted by Crippen LogP contribution is -2.28. The number of rotatable bonds is 4. The third-order valence-electron chi connectivity index (χ3n) is 3.85. The van der Waals surface area contributed by atoms with Crippen molar-refractivity contribution >= 4 is 29.1 Å². The molecule has 3 rings (SSSR count). The molecule has 1 aliphatic heterocycles.